The first-order chi connectivity index (χ1) is 26.9. The molecule has 8 aromatic rings. The van der Waals surface area contributed by atoms with Crippen LogP contribution >= 0.6 is 22.6 Å². The molecule has 6 aromatic carbocycles. The maximum Gasteiger partial charge on any atom is 0.336 e. The van der Waals surface area contributed by atoms with Crippen molar-refractivity contribution in [2.75, 3.05) is 5.73 Å². The van der Waals surface area contributed by atoms with Crippen molar-refractivity contribution in [3.05, 3.63) is 184 Å². The zero-order valence-electron chi connectivity index (χ0n) is 29.4. The van der Waals surface area contributed by atoms with Crippen molar-refractivity contribution in [3.8, 4) is 40.1 Å². The van der Waals surface area contributed by atoms with Gasteiger partial charge in [-0.1, -0.05) is 84.9 Å². The molecule has 8 rings (SSSR count). The number of nitrogens with two attached hydrogens (primary N) is 1. The Morgan fingerprint density at radius 1 is 0.636 bits per heavy atom. The van der Waals surface area contributed by atoms with E-state index in [2.05, 4.69) is 28.7 Å². The first-order valence-corrected chi connectivity index (χ1v) is 18.4. The van der Waals surface area contributed by atoms with Gasteiger partial charge < -0.3 is 20.3 Å². The number of nitrogen functional groups attached to an aromatic ring is 1. The number of hydrogen-bond acceptors (Lipinski definition) is 7. The molecule has 0 atom stereocenters. The van der Waals surface area contributed by atoms with E-state index in [1.807, 2.05) is 140 Å². The molecule has 0 saturated carbocycles. The van der Waals surface area contributed by atoms with Gasteiger partial charge in [0.25, 0.3) is 0 Å². The van der Waals surface area contributed by atoms with Gasteiger partial charge in [-0.3, -0.25) is 0 Å². The molecule has 0 spiro atoms. The fourth-order valence-electron chi connectivity index (χ4n) is 6.05. The largest absolute Gasteiger partial charge is 0.488 e. The minimum Gasteiger partial charge on any atom is -0.488 e. The van der Waals surface area contributed by atoms with Gasteiger partial charge in [0.2, 0.25) is 0 Å². The van der Waals surface area contributed by atoms with E-state index in [0.29, 0.717) is 46.8 Å². The number of carboxylic acid groups (broad SMARTS) is 1. The van der Waals surface area contributed by atoms with Crippen LogP contribution in [0.4, 0.5) is 5.69 Å². The highest BCUT2D eigenvalue weighted by Crippen LogP contribution is 2.34. The van der Waals surface area contributed by atoms with Crippen LogP contribution in [0.2, 0.25) is 0 Å². The van der Waals surface area contributed by atoms with Crippen LogP contribution in [0.5, 0.6) is 11.5 Å². The number of rotatable bonds is 9. The minimum absolute atomic E-state index is 0.233. The standard InChI is InChI=1S/C23H16INO3.C23H17N3O/c24-16-10-11-20-18(12-16)19(23(26)27)13-21(25-20)17-8-4-5-9-22(17)28-14-15-6-2-1-3-7-15;24-14-17-10-11-21-19(12-17)20(25)13-22(26-21)18-8-4-5-9-23(18)27-15-16-6-2-1-3-7-16/h1-13H,14H2,(H,26,27);1-13H,15H2,(H2,25,26). The molecule has 0 unspecified atom stereocenters. The van der Waals surface area contributed by atoms with Crippen molar-refractivity contribution in [2.45, 2.75) is 13.2 Å². The number of pyridine rings is 2. The quantitative estimate of drug-likeness (QED) is 0.137. The summed E-state index contributed by atoms with van der Waals surface area (Å²) in [6, 6.07) is 51.8. The molecular formula is C46H33IN4O4. The molecular weight excluding hydrogens is 799 g/mol. The Balaban J connectivity index is 0.000000169. The molecule has 0 aliphatic rings. The lowest BCUT2D eigenvalue weighted by Crippen LogP contribution is -2.02. The van der Waals surface area contributed by atoms with Crippen LogP contribution in [0.3, 0.4) is 0 Å². The number of hydrogen-bond donors (Lipinski definition) is 2. The van der Waals surface area contributed by atoms with Crippen molar-refractivity contribution in [1.82, 2.24) is 9.97 Å². The van der Waals surface area contributed by atoms with Crippen LogP contribution < -0.4 is 15.2 Å². The number of ether oxygens (including phenoxy) is 2. The second-order valence-corrected chi connectivity index (χ2v) is 13.7. The van der Waals surface area contributed by atoms with Gasteiger partial charge in [-0.15, -0.1) is 0 Å². The lowest BCUT2D eigenvalue weighted by Gasteiger charge is -2.13. The molecule has 2 heterocycles. The second kappa shape index (κ2) is 16.9. The molecule has 0 aliphatic heterocycles. The molecule has 0 bridgehead atoms. The van der Waals surface area contributed by atoms with Crippen molar-refractivity contribution in [1.29, 1.82) is 5.26 Å². The summed E-state index contributed by atoms with van der Waals surface area (Å²) in [5.41, 5.74) is 14.2. The Morgan fingerprint density at radius 3 is 1.71 bits per heavy atom. The van der Waals surface area contributed by atoms with Crippen LogP contribution in [0.1, 0.15) is 27.0 Å². The van der Waals surface area contributed by atoms with Crippen molar-refractivity contribution < 1.29 is 19.4 Å². The average molecular weight is 833 g/mol. The Bertz CT molecular complexity index is 2680. The minimum atomic E-state index is -0.974. The van der Waals surface area contributed by atoms with Crippen LogP contribution in [0.15, 0.2) is 158 Å². The summed E-state index contributed by atoms with van der Waals surface area (Å²) < 4.78 is 13.0. The van der Waals surface area contributed by atoms with Crippen molar-refractivity contribution in [2.24, 2.45) is 0 Å². The summed E-state index contributed by atoms with van der Waals surface area (Å²) in [6.07, 6.45) is 0. The van der Waals surface area contributed by atoms with E-state index in [1.54, 1.807) is 18.2 Å². The summed E-state index contributed by atoms with van der Waals surface area (Å²) in [4.78, 5) is 21.3. The predicted octanol–water partition coefficient (Wildman–Crippen LogP) is 10.7. The maximum absolute atomic E-state index is 11.8. The van der Waals surface area contributed by atoms with E-state index in [4.69, 9.17) is 30.4 Å². The van der Waals surface area contributed by atoms with Crippen molar-refractivity contribution in [3.63, 3.8) is 0 Å². The highest BCUT2D eigenvalue weighted by Gasteiger charge is 2.16. The number of fused-ring (bicyclic) bond motifs is 2. The zero-order valence-corrected chi connectivity index (χ0v) is 31.6. The third kappa shape index (κ3) is 8.73. The topological polar surface area (TPSA) is 131 Å². The highest BCUT2D eigenvalue weighted by atomic mass is 127. The van der Waals surface area contributed by atoms with Gasteiger partial charge in [0, 0.05) is 31.2 Å². The van der Waals surface area contributed by atoms with Gasteiger partial charge in [0.05, 0.1) is 39.6 Å². The van der Waals surface area contributed by atoms with E-state index in [1.165, 1.54) is 0 Å². The van der Waals surface area contributed by atoms with E-state index < -0.39 is 5.97 Å². The smallest absolute Gasteiger partial charge is 0.336 e. The molecule has 0 amide bonds. The van der Waals surface area contributed by atoms with Gasteiger partial charge in [0.1, 0.15) is 24.7 Å². The van der Waals surface area contributed by atoms with Crippen LogP contribution in [-0.4, -0.2) is 21.0 Å². The number of nitrogens with zero attached hydrogens (tertiary/aromatic N) is 3. The summed E-state index contributed by atoms with van der Waals surface area (Å²) in [7, 11) is 0. The number of para-hydroxylation sites is 2. The SMILES string of the molecule is N#Cc1ccc2nc(-c3ccccc3OCc3ccccc3)cc(N)c2c1.O=C(O)c1cc(-c2ccccc2OCc2ccccc2)nc2ccc(I)cc12. The monoisotopic (exact) mass is 832 g/mol. The zero-order chi connectivity index (χ0) is 38.1. The number of aromatic carboxylic acids is 1. The predicted molar refractivity (Wildman–Crippen MR) is 225 cm³/mol. The van der Waals surface area contributed by atoms with Gasteiger partial charge in [-0.05, 0) is 107 Å². The molecule has 268 valence electrons. The van der Waals surface area contributed by atoms with Gasteiger partial charge in [-0.25, -0.2) is 14.8 Å². The third-order valence-corrected chi connectivity index (χ3v) is 9.44. The molecule has 55 heavy (non-hydrogen) atoms. The third-order valence-electron chi connectivity index (χ3n) is 8.77. The van der Waals surface area contributed by atoms with Gasteiger partial charge in [0.15, 0.2) is 0 Å². The fraction of sp³-hybridized carbons (Fsp3) is 0.0435. The first-order valence-electron chi connectivity index (χ1n) is 17.3. The fourth-order valence-corrected chi connectivity index (χ4v) is 6.54. The molecule has 3 N–H and O–H groups in total. The van der Waals surface area contributed by atoms with Crippen LogP contribution in [0.25, 0.3) is 44.3 Å². The summed E-state index contributed by atoms with van der Waals surface area (Å²) in [6.45, 7) is 0.905. The average Bonchev–Trinajstić information content (AvgIpc) is 3.23. The molecule has 8 nitrogen and oxygen atoms in total. The van der Waals surface area contributed by atoms with E-state index in [0.717, 1.165) is 48.2 Å². The molecule has 0 saturated heterocycles. The molecule has 9 heteroatoms. The van der Waals surface area contributed by atoms with Gasteiger partial charge in [-0.2, -0.15) is 5.26 Å². The van der Waals surface area contributed by atoms with Crippen LogP contribution in [0, 0.1) is 14.9 Å². The lowest BCUT2D eigenvalue weighted by molar-refractivity contribution is 0.0699. The van der Waals surface area contributed by atoms with Crippen LogP contribution in [-0.2, 0) is 13.2 Å². The van der Waals surface area contributed by atoms with E-state index in [-0.39, 0.29) is 5.56 Å². The van der Waals surface area contributed by atoms with E-state index >= 15 is 0 Å². The summed E-state index contributed by atoms with van der Waals surface area (Å²) in [5.74, 6) is 0.444. The number of halogens is 1. The Labute approximate surface area is 331 Å². The molecule has 0 aliphatic carbocycles. The second-order valence-electron chi connectivity index (χ2n) is 12.5. The molecule has 0 radical (unpaired) electrons. The Kier molecular flexibility index (Phi) is 11.3. The maximum atomic E-state index is 11.8. The van der Waals surface area contributed by atoms with E-state index in [9.17, 15) is 9.90 Å². The number of carbonyl (C=O) groups is 1. The normalized spacial score (nSPS) is 10.6. The number of carboxylic acids is 1. The summed E-state index contributed by atoms with van der Waals surface area (Å²) in [5, 5.41) is 20.2. The lowest BCUT2D eigenvalue weighted by atomic mass is 10.0. The Hall–Kier alpha value is -6.77. The summed E-state index contributed by atoms with van der Waals surface area (Å²) >= 11 is 2.17. The Morgan fingerprint density at radius 2 is 1.15 bits per heavy atom. The molecule has 2 aromatic heterocycles. The first kappa shape index (κ1) is 36.6. The number of nitriles is 1. The number of aromatic nitrogens is 2. The highest BCUT2D eigenvalue weighted by molar-refractivity contribution is 14.1. The molecule has 0 fully saturated rings. The van der Waals surface area contributed by atoms with Gasteiger partial charge >= 0.3 is 5.97 Å². The number of anilines is 1. The number of benzene rings is 6. The van der Waals surface area contributed by atoms with Crippen molar-refractivity contribution >= 4 is 56.1 Å².